The molecular weight excluding hydrogens is 427 g/mol. The molecule has 0 radical (unpaired) electrons. The van der Waals surface area contributed by atoms with E-state index in [1.165, 1.54) is 70.8 Å². The van der Waals surface area contributed by atoms with Crippen molar-refractivity contribution in [1.82, 2.24) is 0 Å². The number of hydrogen-bond donors (Lipinski definition) is 3. The third kappa shape index (κ3) is 24.7. The van der Waals surface area contributed by atoms with Gasteiger partial charge in [0.25, 0.3) is 0 Å². The maximum absolute atomic E-state index is 9.14. The van der Waals surface area contributed by atoms with Gasteiger partial charge in [-0.2, -0.15) is 0 Å². The largest absolute Gasteiger partial charge is 1.00 e. The first-order valence-electron chi connectivity index (χ1n) is 11.3. The molecule has 0 spiro atoms. The molecule has 0 heterocycles. The number of nitrogens with zero attached hydrogens (tertiary/aromatic N) is 2. The molecule has 0 amide bonds. The Labute approximate surface area is 194 Å². The van der Waals surface area contributed by atoms with Crippen LogP contribution in [0.25, 0.3) is 0 Å². The van der Waals surface area contributed by atoms with Gasteiger partial charge in [0.05, 0.1) is 41.3 Å². The van der Waals surface area contributed by atoms with E-state index in [9.17, 15) is 0 Å². The first-order valence-corrected chi connectivity index (χ1v) is 13.3. The summed E-state index contributed by atoms with van der Waals surface area (Å²) in [5, 5.41) is 0. The van der Waals surface area contributed by atoms with Crippen molar-refractivity contribution >= 4 is 8.80 Å². The summed E-state index contributed by atoms with van der Waals surface area (Å²) in [6.45, 7) is 6.58. The van der Waals surface area contributed by atoms with E-state index >= 15 is 0 Å². The lowest BCUT2D eigenvalue weighted by Gasteiger charge is -2.36. The summed E-state index contributed by atoms with van der Waals surface area (Å²) in [6.07, 6.45) is 14.5. The van der Waals surface area contributed by atoms with Crippen molar-refractivity contribution in [1.29, 1.82) is 0 Å². The van der Waals surface area contributed by atoms with Crippen LogP contribution in [0.1, 0.15) is 77.6 Å². The van der Waals surface area contributed by atoms with Crippen LogP contribution >= 0.6 is 0 Å². The molecule has 0 unspecified atom stereocenters. The Bertz CT molecular complexity index is 368. The third-order valence-corrected chi connectivity index (χ3v) is 6.73. The molecule has 0 bridgehead atoms. The predicted molar refractivity (Wildman–Crippen MR) is 117 cm³/mol. The fraction of sp³-hybridized carbons (Fsp3) is 1.00. The fourth-order valence-electron chi connectivity index (χ4n) is 3.54. The van der Waals surface area contributed by atoms with Crippen LogP contribution in [0.2, 0.25) is 6.04 Å². The second-order valence-corrected chi connectivity index (χ2v) is 11.9. The first kappa shape index (κ1) is 34.2. The molecule has 0 saturated heterocycles. The lowest BCUT2D eigenvalue weighted by Crippen LogP contribution is -3.00. The number of halogens is 2. The summed E-state index contributed by atoms with van der Waals surface area (Å²) in [5.74, 6) is 0. The average Bonchev–Trinajstić information content (AvgIpc) is 2.53. The van der Waals surface area contributed by atoms with Crippen LogP contribution in [-0.2, 0) is 0 Å². The zero-order valence-electron chi connectivity index (χ0n) is 19.8. The van der Waals surface area contributed by atoms with Crippen molar-refractivity contribution in [3.8, 4) is 0 Å². The van der Waals surface area contributed by atoms with Gasteiger partial charge in [0.2, 0.25) is 0 Å². The molecule has 0 fully saturated rings. The second-order valence-electron chi connectivity index (χ2n) is 9.83. The van der Waals surface area contributed by atoms with Gasteiger partial charge in [-0.3, -0.25) is 0 Å². The van der Waals surface area contributed by atoms with Gasteiger partial charge in [-0.15, -0.1) is 0 Å². The maximum atomic E-state index is 9.14. The number of rotatable bonds is 18. The van der Waals surface area contributed by atoms with Crippen molar-refractivity contribution in [2.75, 3.05) is 54.4 Å². The molecule has 0 atom stereocenters. The predicted octanol–water partition coefficient (Wildman–Crippen LogP) is -2.63. The summed E-state index contributed by atoms with van der Waals surface area (Å²) in [6, 6.07) is 0.144. The molecule has 0 aromatic carbocycles. The van der Waals surface area contributed by atoms with Crippen LogP contribution < -0.4 is 24.8 Å². The second kappa shape index (κ2) is 18.2. The van der Waals surface area contributed by atoms with E-state index in [1.807, 2.05) is 0 Å². The van der Waals surface area contributed by atoms with Crippen LogP contribution in [0.5, 0.6) is 0 Å². The highest BCUT2D eigenvalue weighted by Gasteiger charge is 2.28. The fourth-order valence-corrected chi connectivity index (χ4v) is 4.17. The van der Waals surface area contributed by atoms with E-state index in [0.717, 1.165) is 28.6 Å². The molecule has 0 aliphatic heterocycles. The Kier molecular flexibility index (Phi) is 21.5. The zero-order chi connectivity index (χ0) is 20.8. The van der Waals surface area contributed by atoms with Gasteiger partial charge in [-0.1, -0.05) is 58.3 Å². The monoisotopic (exact) mass is 476 g/mol. The standard InChI is InChI=1S/C21H50N2O3Si.2ClH/c1-6-7-8-9-10-11-12-13-14-15-17-22(2,3)19-20-23(4,5)18-16-21-27(24,25)26;;/h24-26H,6-21H2,1-5H3;2*1H/q+2;;/p-2. The van der Waals surface area contributed by atoms with Crippen LogP contribution in [0, 0.1) is 0 Å². The summed E-state index contributed by atoms with van der Waals surface area (Å²) >= 11 is 0. The van der Waals surface area contributed by atoms with E-state index in [-0.39, 0.29) is 30.9 Å². The molecule has 0 aromatic heterocycles. The maximum Gasteiger partial charge on any atom is 0.492 e. The molecule has 0 saturated carbocycles. The number of quaternary nitrogens is 2. The van der Waals surface area contributed by atoms with Crippen molar-refractivity contribution in [3.63, 3.8) is 0 Å². The van der Waals surface area contributed by atoms with Gasteiger partial charge in [0, 0.05) is 12.5 Å². The average molecular weight is 478 g/mol. The van der Waals surface area contributed by atoms with Gasteiger partial charge in [-0.25, -0.2) is 0 Å². The van der Waals surface area contributed by atoms with Crippen molar-refractivity contribution in [2.45, 2.75) is 83.6 Å². The number of unbranched alkanes of at least 4 members (excludes halogenated alkanes) is 9. The lowest BCUT2D eigenvalue weighted by atomic mass is 10.1. The normalized spacial score (nSPS) is 12.4. The highest BCUT2D eigenvalue weighted by molar-refractivity contribution is 6.56. The molecule has 180 valence electrons. The minimum Gasteiger partial charge on any atom is -1.00 e. The molecule has 0 aromatic rings. The van der Waals surface area contributed by atoms with E-state index < -0.39 is 8.80 Å². The van der Waals surface area contributed by atoms with E-state index in [4.69, 9.17) is 14.4 Å². The van der Waals surface area contributed by atoms with Crippen LogP contribution in [0.4, 0.5) is 0 Å². The third-order valence-electron chi connectivity index (χ3n) is 5.70. The molecule has 8 heteroatoms. The van der Waals surface area contributed by atoms with Crippen LogP contribution in [0.15, 0.2) is 0 Å². The highest BCUT2D eigenvalue weighted by atomic mass is 35.5. The van der Waals surface area contributed by atoms with Crippen LogP contribution in [0.3, 0.4) is 0 Å². The minimum atomic E-state index is -3.87. The van der Waals surface area contributed by atoms with E-state index in [1.54, 1.807) is 0 Å². The SMILES string of the molecule is CCCCCCCCCCCC[N+](C)(C)CC[N+](C)(C)CCC[Si](O)(O)O.[Cl-].[Cl-]. The summed E-state index contributed by atoms with van der Waals surface area (Å²) in [5.41, 5.74) is 0. The van der Waals surface area contributed by atoms with E-state index in [0.29, 0.717) is 6.42 Å². The van der Waals surface area contributed by atoms with Gasteiger partial charge < -0.3 is 48.2 Å². The van der Waals surface area contributed by atoms with E-state index in [2.05, 4.69) is 35.1 Å². The minimum absolute atomic E-state index is 0. The Morgan fingerprint density at radius 2 is 0.862 bits per heavy atom. The molecule has 5 nitrogen and oxygen atoms in total. The van der Waals surface area contributed by atoms with Gasteiger partial charge in [0.15, 0.2) is 0 Å². The zero-order valence-corrected chi connectivity index (χ0v) is 22.3. The molecule has 3 N–H and O–H groups in total. The topological polar surface area (TPSA) is 60.7 Å². The van der Waals surface area contributed by atoms with Crippen molar-refractivity contribution < 1.29 is 48.2 Å². The van der Waals surface area contributed by atoms with Gasteiger partial charge in [-0.05, 0) is 12.8 Å². The Morgan fingerprint density at radius 3 is 1.24 bits per heavy atom. The Morgan fingerprint density at radius 1 is 0.517 bits per heavy atom. The highest BCUT2D eigenvalue weighted by Crippen LogP contribution is 2.13. The Balaban J connectivity index is -0.00000338. The Hall–Kier alpha value is 0.597. The van der Waals surface area contributed by atoms with Crippen molar-refractivity contribution in [2.24, 2.45) is 0 Å². The van der Waals surface area contributed by atoms with Crippen molar-refractivity contribution in [3.05, 3.63) is 0 Å². The van der Waals surface area contributed by atoms with Gasteiger partial charge in [0.1, 0.15) is 13.1 Å². The number of likely N-dealkylation sites (N-methyl/N-ethyl adjacent to an activating group) is 2. The quantitative estimate of drug-likeness (QED) is 0.115. The first-order chi connectivity index (χ1) is 12.5. The molecule has 29 heavy (non-hydrogen) atoms. The molecular formula is C21H50Cl2N2O3Si. The summed E-state index contributed by atoms with van der Waals surface area (Å²) in [7, 11) is 5.15. The summed E-state index contributed by atoms with van der Waals surface area (Å²) < 4.78 is 1.92. The smallest absolute Gasteiger partial charge is 0.492 e. The van der Waals surface area contributed by atoms with Gasteiger partial charge >= 0.3 is 8.80 Å². The number of hydrogen-bond acceptors (Lipinski definition) is 3. The van der Waals surface area contributed by atoms with Crippen LogP contribution in [-0.4, -0.2) is 86.5 Å². The molecule has 0 rings (SSSR count). The summed E-state index contributed by atoms with van der Waals surface area (Å²) in [4.78, 5) is 27.4. The lowest BCUT2D eigenvalue weighted by molar-refractivity contribution is -0.946. The molecule has 0 aliphatic carbocycles. The molecule has 0 aliphatic rings.